The first kappa shape index (κ1) is 21.8. The lowest BCUT2D eigenvalue weighted by atomic mass is 9.97. The van der Waals surface area contributed by atoms with Crippen LogP contribution in [0.1, 0.15) is 37.3 Å². The molecule has 30 heavy (non-hydrogen) atoms. The average molecular weight is 423 g/mol. The van der Waals surface area contributed by atoms with Crippen LogP contribution in [0.25, 0.3) is 10.9 Å². The Hall–Kier alpha value is -2.86. The van der Waals surface area contributed by atoms with E-state index in [2.05, 4.69) is 24.1 Å². The highest BCUT2D eigenvalue weighted by Gasteiger charge is 2.13. The molecular formula is C24H26N2O3S. The number of hydrogen-bond acceptors (Lipinski definition) is 5. The molecular weight excluding hydrogens is 396 g/mol. The lowest BCUT2D eigenvalue weighted by Crippen LogP contribution is -2.22. The quantitative estimate of drug-likeness (QED) is 0.392. The van der Waals surface area contributed by atoms with E-state index in [1.54, 1.807) is 0 Å². The molecule has 6 heteroatoms. The number of benzene rings is 2. The lowest BCUT2D eigenvalue weighted by Gasteiger charge is -2.15. The highest BCUT2D eigenvalue weighted by Crippen LogP contribution is 2.26. The summed E-state index contributed by atoms with van der Waals surface area (Å²) in [6.45, 7) is 5.94. The van der Waals surface area contributed by atoms with Gasteiger partial charge >= 0.3 is 5.97 Å². The molecule has 1 N–H and O–H groups in total. The van der Waals surface area contributed by atoms with E-state index in [-0.39, 0.29) is 18.3 Å². The van der Waals surface area contributed by atoms with Gasteiger partial charge in [0.05, 0.1) is 16.3 Å². The Kier molecular flexibility index (Phi) is 7.46. The van der Waals surface area contributed by atoms with Crippen molar-refractivity contribution in [1.29, 1.82) is 0 Å². The first-order valence-corrected chi connectivity index (χ1v) is 11.0. The first-order chi connectivity index (χ1) is 14.5. The number of rotatable bonds is 8. The molecule has 2 aromatic carbocycles. The van der Waals surface area contributed by atoms with Crippen LogP contribution < -0.4 is 5.32 Å². The van der Waals surface area contributed by atoms with Gasteiger partial charge in [0.1, 0.15) is 0 Å². The van der Waals surface area contributed by atoms with Crippen LogP contribution in [0.2, 0.25) is 0 Å². The molecule has 0 aliphatic heterocycles. The Labute approximate surface area is 181 Å². The highest BCUT2D eigenvalue weighted by atomic mass is 32.2. The maximum Gasteiger partial charge on any atom is 0.316 e. The number of esters is 1. The van der Waals surface area contributed by atoms with Gasteiger partial charge in [0.15, 0.2) is 6.61 Å². The second-order valence-electron chi connectivity index (χ2n) is 7.19. The van der Waals surface area contributed by atoms with Crippen molar-refractivity contribution in [2.45, 2.75) is 38.1 Å². The van der Waals surface area contributed by atoms with Gasteiger partial charge in [-0.2, -0.15) is 0 Å². The number of ether oxygens (including phenoxy) is 1. The predicted molar refractivity (Wildman–Crippen MR) is 122 cm³/mol. The second kappa shape index (κ2) is 10.3. The molecule has 0 unspecified atom stereocenters. The van der Waals surface area contributed by atoms with Crippen LogP contribution in [-0.4, -0.2) is 29.2 Å². The number of nitrogens with one attached hydrogen (secondary N) is 1. The van der Waals surface area contributed by atoms with Crippen LogP contribution in [0.3, 0.4) is 0 Å². The Bertz CT molecular complexity index is 1050. The van der Waals surface area contributed by atoms with Crippen LogP contribution in [-0.2, 0) is 14.3 Å². The number of hydrogen-bond donors (Lipinski definition) is 1. The molecule has 1 atom stereocenters. The number of carbonyl (C=O) groups excluding carboxylic acids is 2. The fraction of sp³-hybridized carbons (Fsp3) is 0.292. The number of amides is 1. The molecule has 0 saturated carbocycles. The summed E-state index contributed by atoms with van der Waals surface area (Å²) in [7, 11) is 0. The van der Waals surface area contributed by atoms with Gasteiger partial charge in [-0.15, -0.1) is 0 Å². The maximum atomic E-state index is 12.2. The number of anilines is 1. The van der Waals surface area contributed by atoms with E-state index in [0.29, 0.717) is 5.92 Å². The summed E-state index contributed by atoms with van der Waals surface area (Å²) < 4.78 is 5.14. The summed E-state index contributed by atoms with van der Waals surface area (Å²) in [5, 5.41) is 4.70. The summed E-state index contributed by atoms with van der Waals surface area (Å²) in [5.41, 5.74) is 3.84. The molecule has 1 amide bonds. The van der Waals surface area contributed by atoms with Crippen LogP contribution in [0, 0.1) is 6.92 Å². The third-order valence-electron chi connectivity index (χ3n) is 4.98. The van der Waals surface area contributed by atoms with Crippen LogP contribution in [0.15, 0.2) is 59.6 Å². The van der Waals surface area contributed by atoms with Crippen molar-refractivity contribution in [3.8, 4) is 0 Å². The van der Waals surface area contributed by atoms with Crippen molar-refractivity contribution in [3.05, 3.63) is 65.7 Å². The third kappa shape index (κ3) is 5.60. The van der Waals surface area contributed by atoms with Crippen LogP contribution in [0.5, 0.6) is 0 Å². The molecule has 5 nitrogen and oxygen atoms in total. The van der Waals surface area contributed by atoms with Crippen LogP contribution in [0.4, 0.5) is 5.69 Å². The first-order valence-electron chi connectivity index (χ1n) is 10.0. The van der Waals surface area contributed by atoms with Gasteiger partial charge < -0.3 is 10.1 Å². The summed E-state index contributed by atoms with van der Waals surface area (Å²) >= 11 is 1.31. The molecule has 0 radical (unpaired) electrons. The Morgan fingerprint density at radius 1 is 1.13 bits per heavy atom. The highest BCUT2D eigenvalue weighted by molar-refractivity contribution is 7.99. The lowest BCUT2D eigenvalue weighted by molar-refractivity contribution is -0.144. The van der Waals surface area contributed by atoms with Gasteiger partial charge in [0, 0.05) is 11.1 Å². The molecule has 0 fully saturated rings. The third-order valence-corrected chi connectivity index (χ3v) is 5.86. The second-order valence-corrected chi connectivity index (χ2v) is 8.18. The predicted octanol–water partition coefficient (Wildman–Crippen LogP) is 5.33. The molecule has 1 heterocycles. The van der Waals surface area contributed by atoms with Gasteiger partial charge in [-0.3, -0.25) is 9.59 Å². The zero-order valence-corrected chi connectivity index (χ0v) is 18.3. The van der Waals surface area contributed by atoms with Gasteiger partial charge in [-0.05, 0) is 48.6 Å². The SMILES string of the molecule is CC[C@@H](C)c1ccccc1NC(=O)COC(=O)CSc1cc(C)c2ccccc2n1. The fourth-order valence-corrected chi connectivity index (χ4v) is 3.93. The summed E-state index contributed by atoms with van der Waals surface area (Å²) in [4.78, 5) is 28.9. The molecule has 3 aromatic rings. The Balaban J connectivity index is 1.51. The van der Waals surface area contributed by atoms with E-state index < -0.39 is 5.97 Å². The van der Waals surface area contributed by atoms with E-state index in [0.717, 1.165) is 39.2 Å². The number of fused-ring (bicyclic) bond motifs is 1. The van der Waals surface area contributed by atoms with E-state index in [1.807, 2.05) is 61.5 Å². The largest absolute Gasteiger partial charge is 0.455 e. The van der Waals surface area contributed by atoms with Crippen molar-refractivity contribution in [3.63, 3.8) is 0 Å². The zero-order chi connectivity index (χ0) is 21.5. The number of thioether (sulfide) groups is 1. The number of pyridine rings is 1. The van der Waals surface area contributed by atoms with E-state index in [4.69, 9.17) is 4.74 Å². The van der Waals surface area contributed by atoms with Crippen molar-refractivity contribution in [2.24, 2.45) is 0 Å². The van der Waals surface area contributed by atoms with E-state index in [9.17, 15) is 9.59 Å². The molecule has 0 spiro atoms. The van der Waals surface area contributed by atoms with Gasteiger partial charge in [0.2, 0.25) is 0 Å². The number of aryl methyl sites for hydroxylation is 1. The van der Waals surface area contributed by atoms with Crippen molar-refractivity contribution in [2.75, 3.05) is 17.7 Å². The average Bonchev–Trinajstić information content (AvgIpc) is 2.76. The molecule has 3 rings (SSSR count). The van der Waals surface area contributed by atoms with Gasteiger partial charge in [-0.25, -0.2) is 4.98 Å². The standard InChI is InChI=1S/C24H26N2O3S/c1-4-16(2)18-9-5-7-11-20(18)25-22(27)14-29-24(28)15-30-23-13-17(3)19-10-6-8-12-21(19)26-23/h5-13,16H,4,14-15H2,1-3H3,(H,25,27)/t16-/m1/s1. The zero-order valence-electron chi connectivity index (χ0n) is 17.5. The number of nitrogens with zero attached hydrogens (tertiary/aromatic N) is 1. The number of para-hydroxylation sites is 2. The normalized spacial score (nSPS) is 11.8. The Morgan fingerprint density at radius 2 is 1.87 bits per heavy atom. The summed E-state index contributed by atoms with van der Waals surface area (Å²) in [6.07, 6.45) is 0.974. The monoisotopic (exact) mass is 422 g/mol. The van der Waals surface area contributed by atoms with Crippen LogP contribution >= 0.6 is 11.8 Å². The number of carbonyl (C=O) groups is 2. The minimum absolute atomic E-state index is 0.0987. The van der Waals surface area contributed by atoms with Crippen molar-refractivity contribution in [1.82, 2.24) is 4.98 Å². The van der Waals surface area contributed by atoms with Crippen molar-refractivity contribution >= 4 is 40.2 Å². The topological polar surface area (TPSA) is 68.3 Å². The fourth-order valence-electron chi connectivity index (χ4n) is 3.16. The molecule has 156 valence electrons. The Morgan fingerprint density at radius 3 is 2.67 bits per heavy atom. The van der Waals surface area contributed by atoms with E-state index >= 15 is 0 Å². The summed E-state index contributed by atoms with van der Waals surface area (Å²) in [5.74, 6) is -0.360. The maximum absolute atomic E-state index is 12.2. The van der Waals surface area contributed by atoms with Gasteiger partial charge in [0.25, 0.3) is 5.91 Å². The molecule has 0 aliphatic rings. The minimum Gasteiger partial charge on any atom is -0.455 e. The molecule has 1 aromatic heterocycles. The molecule has 0 saturated heterocycles. The smallest absolute Gasteiger partial charge is 0.316 e. The minimum atomic E-state index is -0.446. The molecule has 0 bridgehead atoms. The summed E-state index contributed by atoms with van der Waals surface area (Å²) in [6, 6.07) is 17.6. The molecule has 0 aliphatic carbocycles. The van der Waals surface area contributed by atoms with Crippen molar-refractivity contribution < 1.29 is 14.3 Å². The number of aromatic nitrogens is 1. The van der Waals surface area contributed by atoms with Gasteiger partial charge in [-0.1, -0.05) is 62.0 Å². The van der Waals surface area contributed by atoms with E-state index in [1.165, 1.54) is 11.8 Å².